The Kier molecular flexibility index (Phi) is 5.69. The van der Waals surface area contributed by atoms with Gasteiger partial charge < -0.3 is 4.53 Å². The van der Waals surface area contributed by atoms with Crippen LogP contribution in [0.15, 0.2) is 96.2 Å². The molecule has 30 heavy (non-hydrogen) atoms. The van der Waals surface area contributed by atoms with E-state index in [0.29, 0.717) is 12.8 Å². The minimum atomic E-state index is -2.87. The first-order valence-corrected chi connectivity index (χ1v) is 12.3. The van der Waals surface area contributed by atoms with Crippen LogP contribution in [-0.4, -0.2) is 19.8 Å². The lowest BCUT2D eigenvalue weighted by molar-refractivity contribution is -0.120. The third-order valence-corrected chi connectivity index (χ3v) is 9.42. The Labute approximate surface area is 179 Å². The quantitative estimate of drug-likeness (QED) is 0.362. The van der Waals surface area contributed by atoms with Gasteiger partial charge in [0.15, 0.2) is 0 Å². The van der Waals surface area contributed by atoms with Crippen molar-refractivity contribution in [1.82, 2.24) is 0 Å². The predicted molar refractivity (Wildman–Crippen MR) is 125 cm³/mol. The fraction of sp³-hybridized carbons (Fsp3) is 0.231. The lowest BCUT2D eigenvalue weighted by atomic mass is 9.76. The summed E-state index contributed by atoms with van der Waals surface area (Å²) in [6, 6.07) is 31.1. The highest BCUT2D eigenvalue weighted by Crippen LogP contribution is 2.32. The van der Waals surface area contributed by atoms with Crippen LogP contribution in [0.3, 0.4) is 0 Å². The Balaban J connectivity index is 1.87. The van der Waals surface area contributed by atoms with E-state index in [1.165, 1.54) is 0 Å². The van der Waals surface area contributed by atoms with Gasteiger partial charge in [-0.2, -0.15) is 0 Å². The van der Waals surface area contributed by atoms with Crippen LogP contribution in [0, 0.1) is 5.41 Å². The first-order chi connectivity index (χ1) is 14.5. The van der Waals surface area contributed by atoms with Crippen LogP contribution in [0.5, 0.6) is 0 Å². The number of ketones is 1. The zero-order chi connectivity index (χ0) is 21.0. The molecule has 1 fully saturated rings. The number of Topliss-reactive ketones (excluding diaryl/α,β-unsaturated/α-hetero) is 1. The van der Waals surface area contributed by atoms with E-state index in [1.54, 1.807) is 0 Å². The molecule has 0 aliphatic heterocycles. The Morgan fingerprint density at radius 2 is 1.17 bits per heavy atom. The molecule has 0 bridgehead atoms. The Hall–Kier alpha value is -2.98. The summed E-state index contributed by atoms with van der Waals surface area (Å²) in [6.45, 7) is 4.24. The molecule has 3 nitrogen and oxygen atoms in total. The first kappa shape index (κ1) is 20.3. The van der Waals surface area contributed by atoms with Crippen LogP contribution < -0.4 is 15.6 Å². The minimum absolute atomic E-state index is 0.0754. The summed E-state index contributed by atoms with van der Waals surface area (Å²) in [5.41, 5.74) is 0.768. The topological polar surface area (TPSA) is 38.7 Å². The van der Waals surface area contributed by atoms with Crippen molar-refractivity contribution in [2.24, 2.45) is 10.6 Å². The molecule has 3 aromatic rings. The second-order valence-corrected chi connectivity index (χ2v) is 12.0. The van der Waals surface area contributed by atoms with Crippen LogP contribution >= 0.6 is 0 Å². The molecule has 3 aromatic carbocycles. The van der Waals surface area contributed by atoms with Gasteiger partial charge in [0.1, 0.15) is 5.78 Å². The molecular formula is C26H27NO2Si. The summed E-state index contributed by atoms with van der Waals surface area (Å²) in [7, 11) is -2.87. The summed E-state index contributed by atoms with van der Waals surface area (Å²) >= 11 is 0. The largest absolute Gasteiger partial charge is 0.438 e. The molecule has 0 amide bonds. The van der Waals surface area contributed by atoms with Crippen molar-refractivity contribution < 1.29 is 9.32 Å². The molecule has 0 radical (unpaired) electrons. The average molecular weight is 414 g/mol. The molecule has 0 unspecified atom stereocenters. The Bertz CT molecular complexity index is 934. The fourth-order valence-corrected chi connectivity index (χ4v) is 7.94. The summed E-state index contributed by atoms with van der Waals surface area (Å²) in [6.07, 6.45) is 1.76. The molecule has 4 rings (SSSR count). The van der Waals surface area contributed by atoms with Gasteiger partial charge in [0, 0.05) is 12.8 Å². The molecule has 1 aliphatic carbocycles. The molecule has 0 heterocycles. The van der Waals surface area contributed by atoms with E-state index in [1.807, 2.05) is 54.6 Å². The van der Waals surface area contributed by atoms with Crippen LogP contribution in [0.1, 0.15) is 33.1 Å². The molecular weight excluding hydrogens is 386 g/mol. The second-order valence-electron chi connectivity index (χ2n) is 8.76. The highest BCUT2D eigenvalue weighted by molar-refractivity contribution is 7.07. The Morgan fingerprint density at radius 3 is 1.57 bits per heavy atom. The van der Waals surface area contributed by atoms with Crippen LogP contribution in [0.4, 0.5) is 0 Å². The number of nitrogens with zero attached hydrogens (tertiary/aromatic N) is 1. The van der Waals surface area contributed by atoms with Crippen molar-refractivity contribution in [3.05, 3.63) is 91.0 Å². The number of hydrogen-bond acceptors (Lipinski definition) is 3. The molecule has 1 saturated carbocycles. The lowest BCUT2D eigenvalue weighted by Gasteiger charge is -2.32. The van der Waals surface area contributed by atoms with Gasteiger partial charge in [-0.1, -0.05) is 105 Å². The predicted octanol–water partition coefficient (Wildman–Crippen LogP) is 3.81. The highest BCUT2D eigenvalue weighted by Gasteiger charge is 2.45. The summed E-state index contributed by atoms with van der Waals surface area (Å²) in [5.74, 6) is 0.236. The van der Waals surface area contributed by atoms with Gasteiger partial charge in [-0.15, -0.1) is 5.16 Å². The first-order valence-electron chi connectivity index (χ1n) is 10.4. The summed E-state index contributed by atoms with van der Waals surface area (Å²) in [5, 5.41) is 8.09. The normalized spacial score (nSPS) is 17.7. The maximum absolute atomic E-state index is 12.3. The molecule has 0 N–H and O–H groups in total. The minimum Gasteiger partial charge on any atom is -0.438 e. The smallest absolute Gasteiger partial charge is 0.380 e. The van der Waals surface area contributed by atoms with E-state index >= 15 is 0 Å². The molecule has 0 spiro atoms. The van der Waals surface area contributed by atoms with Gasteiger partial charge in [-0.05, 0) is 27.4 Å². The van der Waals surface area contributed by atoms with Crippen molar-refractivity contribution >= 4 is 35.4 Å². The zero-order valence-corrected chi connectivity index (χ0v) is 18.5. The highest BCUT2D eigenvalue weighted by atomic mass is 28.4. The maximum atomic E-state index is 12.3. The van der Waals surface area contributed by atoms with E-state index in [9.17, 15) is 4.79 Å². The van der Waals surface area contributed by atoms with Crippen molar-refractivity contribution in [1.29, 1.82) is 0 Å². The molecule has 0 saturated heterocycles. The monoisotopic (exact) mass is 413 g/mol. The SMILES string of the molecule is CC1(C)CC(=O)CC(=NO[Si](c2ccccc2)(c2ccccc2)c2ccccc2)C1. The van der Waals surface area contributed by atoms with Gasteiger partial charge in [-0.3, -0.25) is 4.79 Å². The number of rotatable bonds is 5. The Morgan fingerprint density at radius 1 is 0.733 bits per heavy atom. The standard InChI is InChI=1S/C26H27NO2Si/c1-26(2)19-21(18-22(28)20-26)27-29-30(23-12-6-3-7-13-23,24-14-8-4-9-15-24)25-16-10-5-11-17-25/h3-17H,18-20H2,1-2H3. The van der Waals surface area contributed by atoms with Gasteiger partial charge >= 0.3 is 8.32 Å². The number of hydrogen-bond donors (Lipinski definition) is 0. The van der Waals surface area contributed by atoms with Crippen LogP contribution in [0.25, 0.3) is 0 Å². The molecule has 0 atom stereocenters. The van der Waals surface area contributed by atoms with Gasteiger partial charge in [0.05, 0.1) is 5.71 Å². The van der Waals surface area contributed by atoms with E-state index in [4.69, 9.17) is 4.53 Å². The van der Waals surface area contributed by atoms with Crippen LogP contribution in [-0.2, 0) is 9.32 Å². The van der Waals surface area contributed by atoms with Crippen LogP contribution in [0.2, 0.25) is 0 Å². The summed E-state index contributed by atoms with van der Waals surface area (Å²) in [4.78, 5) is 12.3. The molecule has 4 heteroatoms. The molecule has 152 valence electrons. The number of carbonyl (C=O) groups excluding carboxylic acids is 1. The lowest BCUT2D eigenvalue weighted by Crippen LogP contribution is -2.68. The number of benzene rings is 3. The van der Waals surface area contributed by atoms with Gasteiger partial charge in [0.25, 0.3) is 0 Å². The van der Waals surface area contributed by atoms with E-state index in [-0.39, 0.29) is 11.2 Å². The maximum Gasteiger partial charge on any atom is 0.380 e. The van der Waals surface area contributed by atoms with Crippen molar-refractivity contribution in [2.45, 2.75) is 33.1 Å². The average Bonchev–Trinajstić information content (AvgIpc) is 2.75. The van der Waals surface area contributed by atoms with Crippen molar-refractivity contribution in [2.75, 3.05) is 0 Å². The number of carbonyl (C=O) groups is 1. The van der Waals surface area contributed by atoms with E-state index < -0.39 is 8.32 Å². The summed E-state index contributed by atoms with van der Waals surface area (Å²) < 4.78 is 6.64. The third kappa shape index (κ3) is 4.14. The van der Waals surface area contributed by atoms with Crippen molar-refractivity contribution in [3.63, 3.8) is 0 Å². The van der Waals surface area contributed by atoms with Gasteiger partial charge in [0.2, 0.25) is 0 Å². The third-order valence-electron chi connectivity index (χ3n) is 5.61. The van der Waals surface area contributed by atoms with E-state index in [0.717, 1.165) is 27.7 Å². The van der Waals surface area contributed by atoms with E-state index in [2.05, 4.69) is 55.4 Å². The second kappa shape index (κ2) is 8.40. The van der Waals surface area contributed by atoms with Crippen molar-refractivity contribution in [3.8, 4) is 0 Å². The number of oxime groups is 1. The molecule has 1 aliphatic rings. The zero-order valence-electron chi connectivity index (χ0n) is 17.5. The van der Waals surface area contributed by atoms with Gasteiger partial charge in [-0.25, -0.2) is 0 Å². The fourth-order valence-electron chi connectivity index (χ4n) is 4.38. The molecule has 0 aromatic heterocycles.